The molecule has 1 N–H and O–H groups in total. The van der Waals surface area contributed by atoms with E-state index in [1.54, 1.807) is 29.2 Å². The van der Waals surface area contributed by atoms with Gasteiger partial charge < -0.3 is 10.2 Å². The molecular formula is C25H29N3O2S2. The Hall–Kier alpha value is -2.38. The van der Waals surface area contributed by atoms with Gasteiger partial charge in [-0.05, 0) is 62.5 Å². The van der Waals surface area contributed by atoms with E-state index in [2.05, 4.69) is 17.4 Å². The third kappa shape index (κ3) is 5.33. The number of hydrogen-bond acceptors (Lipinski definition) is 5. The molecule has 4 rings (SSSR count). The lowest BCUT2D eigenvalue weighted by atomic mass is 9.96. The molecule has 0 bridgehead atoms. The molecule has 0 aliphatic carbocycles. The molecule has 1 aliphatic heterocycles. The summed E-state index contributed by atoms with van der Waals surface area (Å²) in [4.78, 5) is 32.8. The fourth-order valence-corrected chi connectivity index (χ4v) is 5.76. The van der Waals surface area contributed by atoms with Crippen LogP contribution in [0.15, 0.2) is 48.5 Å². The number of nitrogens with zero attached hydrogens (tertiary/aromatic N) is 2. The predicted molar refractivity (Wildman–Crippen MR) is 134 cm³/mol. The molecule has 0 spiro atoms. The number of likely N-dealkylation sites (tertiary alicyclic amines) is 1. The Morgan fingerprint density at radius 3 is 2.69 bits per heavy atom. The molecule has 0 saturated carbocycles. The number of nitrogens with one attached hydrogen (secondary N) is 1. The minimum absolute atomic E-state index is 0.0304. The first-order valence-corrected chi connectivity index (χ1v) is 13.3. The van der Waals surface area contributed by atoms with Crippen LogP contribution in [0.25, 0.3) is 10.2 Å². The third-order valence-corrected chi connectivity index (χ3v) is 7.80. The number of fused-ring (bicyclic) bond motifs is 1. The Morgan fingerprint density at radius 2 is 1.97 bits per heavy atom. The molecule has 0 unspecified atom stereocenters. The van der Waals surface area contributed by atoms with Gasteiger partial charge in [0.15, 0.2) is 0 Å². The topological polar surface area (TPSA) is 62.3 Å². The Balaban J connectivity index is 1.39. The van der Waals surface area contributed by atoms with E-state index < -0.39 is 6.04 Å². The highest BCUT2D eigenvalue weighted by molar-refractivity contribution is 7.98. The quantitative estimate of drug-likeness (QED) is 0.539. The van der Waals surface area contributed by atoms with Crippen molar-refractivity contribution in [3.8, 4) is 0 Å². The van der Waals surface area contributed by atoms with Crippen LogP contribution in [0.1, 0.15) is 46.1 Å². The zero-order valence-electron chi connectivity index (χ0n) is 18.5. The summed E-state index contributed by atoms with van der Waals surface area (Å²) in [6.07, 6.45) is 4.47. The van der Waals surface area contributed by atoms with Crippen molar-refractivity contribution in [3.63, 3.8) is 0 Å². The SMILES string of the molecule is CSCC[C@H](NC(=O)c1cccc(C)c1)C(=O)N1CCC(c2nc3ccccc3s2)CC1. The predicted octanol–water partition coefficient (Wildman–Crippen LogP) is 4.86. The standard InChI is InChI=1S/C25H29N3O2S2/c1-17-6-5-7-19(16-17)23(29)26-21(12-15-31-2)25(30)28-13-10-18(11-14-28)24-27-20-8-3-4-9-22(20)32-24/h3-9,16,18,21H,10-15H2,1-2H3,(H,26,29)/t21-/m0/s1. The second-order valence-electron chi connectivity index (χ2n) is 8.30. The largest absolute Gasteiger partial charge is 0.341 e. The van der Waals surface area contributed by atoms with E-state index in [9.17, 15) is 9.59 Å². The number of thiazole rings is 1. The maximum absolute atomic E-state index is 13.3. The van der Waals surface area contributed by atoms with Crippen molar-refractivity contribution in [1.29, 1.82) is 0 Å². The van der Waals surface area contributed by atoms with E-state index in [1.807, 2.05) is 48.4 Å². The molecule has 1 fully saturated rings. The smallest absolute Gasteiger partial charge is 0.251 e. The van der Waals surface area contributed by atoms with Crippen LogP contribution in [0.5, 0.6) is 0 Å². The van der Waals surface area contributed by atoms with Gasteiger partial charge in [-0.25, -0.2) is 4.98 Å². The fourth-order valence-electron chi connectivity index (χ4n) is 4.15. The van der Waals surface area contributed by atoms with Crippen molar-refractivity contribution in [2.45, 2.75) is 38.1 Å². The van der Waals surface area contributed by atoms with Gasteiger partial charge in [-0.15, -0.1) is 11.3 Å². The number of thioether (sulfide) groups is 1. The fraction of sp³-hybridized carbons (Fsp3) is 0.400. The minimum Gasteiger partial charge on any atom is -0.341 e. The Labute approximate surface area is 197 Å². The van der Waals surface area contributed by atoms with Crippen LogP contribution in [0.3, 0.4) is 0 Å². The Morgan fingerprint density at radius 1 is 1.19 bits per heavy atom. The summed E-state index contributed by atoms with van der Waals surface area (Å²) in [6, 6.07) is 15.2. The first-order valence-electron chi connectivity index (χ1n) is 11.1. The normalized spacial score (nSPS) is 15.6. The molecule has 5 nitrogen and oxygen atoms in total. The zero-order valence-corrected chi connectivity index (χ0v) is 20.2. The Kier molecular flexibility index (Phi) is 7.48. The minimum atomic E-state index is -0.491. The number of piperidine rings is 1. The van der Waals surface area contributed by atoms with E-state index in [1.165, 1.54) is 9.71 Å². The first-order chi connectivity index (χ1) is 15.5. The molecule has 3 aromatic rings. The van der Waals surface area contributed by atoms with Crippen LogP contribution in [0.4, 0.5) is 0 Å². The van der Waals surface area contributed by atoms with Gasteiger partial charge in [0.1, 0.15) is 6.04 Å². The van der Waals surface area contributed by atoms with Gasteiger partial charge in [0, 0.05) is 24.6 Å². The highest BCUT2D eigenvalue weighted by Crippen LogP contribution is 2.34. The van der Waals surface area contributed by atoms with Gasteiger partial charge >= 0.3 is 0 Å². The van der Waals surface area contributed by atoms with Crippen LogP contribution >= 0.6 is 23.1 Å². The highest BCUT2D eigenvalue weighted by Gasteiger charge is 2.30. The number of aromatic nitrogens is 1. The van der Waals surface area contributed by atoms with Crippen LogP contribution < -0.4 is 5.32 Å². The number of amides is 2. The molecule has 2 heterocycles. The molecular weight excluding hydrogens is 438 g/mol. The van der Waals surface area contributed by atoms with Crippen LogP contribution in [0.2, 0.25) is 0 Å². The molecule has 32 heavy (non-hydrogen) atoms. The van der Waals surface area contributed by atoms with Crippen molar-refractivity contribution in [2.24, 2.45) is 0 Å². The highest BCUT2D eigenvalue weighted by atomic mass is 32.2. The summed E-state index contributed by atoms with van der Waals surface area (Å²) in [5.41, 5.74) is 2.69. The summed E-state index contributed by atoms with van der Waals surface area (Å²) in [7, 11) is 0. The molecule has 1 aliphatic rings. The lowest BCUT2D eigenvalue weighted by Crippen LogP contribution is -2.50. The summed E-state index contributed by atoms with van der Waals surface area (Å²) in [5.74, 6) is 1.07. The van der Waals surface area contributed by atoms with E-state index in [0.29, 0.717) is 31.0 Å². The van der Waals surface area contributed by atoms with Gasteiger partial charge in [0.05, 0.1) is 15.2 Å². The number of carbonyl (C=O) groups is 2. The average molecular weight is 468 g/mol. The van der Waals surface area contributed by atoms with E-state index in [4.69, 9.17) is 4.98 Å². The molecule has 2 aromatic carbocycles. The monoisotopic (exact) mass is 467 g/mol. The maximum Gasteiger partial charge on any atom is 0.251 e. The van der Waals surface area contributed by atoms with Crippen LogP contribution in [-0.2, 0) is 4.79 Å². The van der Waals surface area contributed by atoms with Gasteiger partial charge in [0.2, 0.25) is 5.91 Å². The van der Waals surface area contributed by atoms with Crippen molar-refractivity contribution >= 4 is 45.1 Å². The van der Waals surface area contributed by atoms with Crippen molar-refractivity contribution in [2.75, 3.05) is 25.1 Å². The lowest BCUT2D eigenvalue weighted by Gasteiger charge is -2.33. The van der Waals surface area contributed by atoms with Crippen molar-refractivity contribution < 1.29 is 9.59 Å². The van der Waals surface area contributed by atoms with Gasteiger partial charge in [-0.2, -0.15) is 11.8 Å². The first kappa shape index (κ1) is 22.8. The van der Waals surface area contributed by atoms with Gasteiger partial charge in [-0.1, -0.05) is 29.8 Å². The van der Waals surface area contributed by atoms with Gasteiger partial charge in [0.25, 0.3) is 5.91 Å². The average Bonchev–Trinajstić information content (AvgIpc) is 3.25. The molecule has 1 aromatic heterocycles. The second-order valence-corrected chi connectivity index (χ2v) is 10.3. The van der Waals surface area contributed by atoms with Crippen LogP contribution in [-0.4, -0.2) is 52.8 Å². The number of para-hydroxylation sites is 1. The van der Waals surface area contributed by atoms with E-state index in [-0.39, 0.29) is 11.8 Å². The summed E-state index contributed by atoms with van der Waals surface area (Å²) in [6.45, 7) is 3.37. The molecule has 1 atom stereocenters. The number of rotatable bonds is 7. The molecule has 168 valence electrons. The zero-order chi connectivity index (χ0) is 22.5. The van der Waals surface area contributed by atoms with E-state index >= 15 is 0 Å². The lowest BCUT2D eigenvalue weighted by molar-refractivity contribution is -0.134. The second kappa shape index (κ2) is 10.5. The third-order valence-electron chi connectivity index (χ3n) is 5.96. The number of carbonyl (C=O) groups excluding carboxylic acids is 2. The maximum atomic E-state index is 13.3. The number of aryl methyl sites for hydroxylation is 1. The van der Waals surface area contributed by atoms with Crippen molar-refractivity contribution in [3.05, 3.63) is 64.7 Å². The molecule has 7 heteroatoms. The summed E-state index contributed by atoms with van der Waals surface area (Å²) in [5, 5.41) is 4.17. The molecule has 1 saturated heterocycles. The van der Waals surface area contributed by atoms with Crippen LogP contribution in [0, 0.1) is 6.92 Å². The number of benzene rings is 2. The summed E-state index contributed by atoms with van der Waals surface area (Å²) < 4.78 is 1.22. The van der Waals surface area contributed by atoms with Gasteiger partial charge in [-0.3, -0.25) is 9.59 Å². The molecule has 0 radical (unpaired) electrons. The molecule has 2 amide bonds. The Bertz CT molecular complexity index is 1060. The van der Waals surface area contributed by atoms with E-state index in [0.717, 1.165) is 29.7 Å². The van der Waals surface area contributed by atoms with Crippen molar-refractivity contribution in [1.82, 2.24) is 15.2 Å². The number of hydrogen-bond donors (Lipinski definition) is 1. The summed E-state index contributed by atoms with van der Waals surface area (Å²) >= 11 is 3.45.